The molecule has 0 aromatic heterocycles. The molecule has 0 radical (unpaired) electrons. The van der Waals surface area contributed by atoms with E-state index in [-0.39, 0.29) is 5.90 Å². The number of carbonyl (C=O) groups excluding carboxylic acids is 2. The van der Waals surface area contributed by atoms with E-state index in [1.54, 1.807) is 5.01 Å². The Morgan fingerprint density at radius 1 is 1.20 bits per heavy atom. The minimum Gasteiger partial charge on any atom is -0.462 e. The van der Waals surface area contributed by atoms with Crippen molar-refractivity contribution in [3.05, 3.63) is 47.0 Å². The number of esters is 2. The first-order valence-corrected chi connectivity index (χ1v) is 8.57. The minimum atomic E-state index is -1.01. The average molecular weight is 340 g/mol. The number of hydrazone groups is 1. The monoisotopic (exact) mass is 340 g/mol. The molecule has 2 aliphatic heterocycles. The number of hydrogen-bond acceptors (Lipinski definition) is 6. The molecule has 0 saturated heterocycles. The molecular weight excluding hydrogens is 320 g/mol. The third-order valence-corrected chi connectivity index (χ3v) is 5.31. The van der Waals surface area contributed by atoms with E-state index in [1.165, 1.54) is 18.3 Å². The second-order valence-corrected chi connectivity index (χ2v) is 6.66. The predicted molar refractivity (Wildman–Crippen MR) is 90.5 cm³/mol. The smallest absolute Gasteiger partial charge is 0.396 e. The molecule has 1 atom stereocenters. The van der Waals surface area contributed by atoms with Gasteiger partial charge in [0.25, 0.3) is 0 Å². The molecule has 25 heavy (non-hydrogen) atoms. The Hall–Kier alpha value is -2.63. The van der Waals surface area contributed by atoms with Crippen molar-refractivity contribution < 1.29 is 19.1 Å². The second-order valence-electron chi connectivity index (χ2n) is 6.66. The molecule has 6 heteroatoms. The number of benzene rings is 1. The third kappa shape index (κ3) is 2.44. The molecule has 0 bridgehead atoms. The van der Waals surface area contributed by atoms with Crippen LogP contribution >= 0.6 is 0 Å². The lowest BCUT2D eigenvalue weighted by Crippen LogP contribution is -2.58. The fourth-order valence-electron chi connectivity index (χ4n) is 4.00. The van der Waals surface area contributed by atoms with Gasteiger partial charge < -0.3 is 9.47 Å². The van der Waals surface area contributed by atoms with Gasteiger partial charge in [0.1, 0.15) is 0 Å². The summed E-state index contributed by atoms with van der Waals surface area (Å²) in [6.07, 6.45) is 4.90. The van der Waals surface area contributed by atoms with Crippen molar-refractivity contribution in [2.45, 2.75) is 37.6 Å². The van der Waals surface area contributed by atoms with E-state index in [2.05, 4.69) is 9.84 Å². The van der Waals surface area contributed by atoms with Crippen molar-refractivity contribution in [2.75, 3.05) is 13.7 Å². The van der Waals surface area contributed by atoms with E-state index in [0.717, 1.165) is 31.2 Å². The molecule has 0 spiro atoms. The molecule has 1 aromatic carbocycles. The molecule has 4 rings (SSSR count). The highest BCUT2D eigenvalue weighted by Gasteiger charge is 2.54. The summed E-state index contributed by atoms with van der Waals surface area (Å²) in [4.78, 5) is 24.9. The number of carbonyl (C=O) groups is 2. The normalized spacial score (nSPS) is 25.6. The summed E-state index contributed by atoms with van der Waals surface area (Å²) in [5.41, 5.74) is 2.50. The van der Waals surface area contributed by atoms with E-state index >= 15 is 0 Å². The summed E-state index contributed by atoms with van der Waals surface area (Å²) in [5.74, 6) is -1.50. The van der Waals surface area contributed by atoms with E-state index in [0.29, 0.717) is 13.0 Å². The van der Waals surface area contributed by atoms with Crippen LogP contribution in [0.2, 0.25) is 0 Å². The zero-order valence-corrected chi connectivity index (χ0v) is 14.2. The average Bonchev–Trinajstić information content (AvgIpc) is 2.66. The molecule has 1 aromatic rings. The molecule has 0 amide bonds. The van der Waals surface area contributed by atoms with Crippen molar-refractivity contribution >= 4 is 17.8 Å². The Labute approximate surface area is 146 Å². The van der Waals surface area contributed by atoms with Crippen LogP contribution in [-0.4, -0.2) is 36.5 Å². The zero-order valence-electron chi connectivity index (χ0n) is 14.2. The lowest BCUT2D eigenvalue weighted by atomic mass is 9.74. The lowest BCUT2D eigenvalue weighted by Gasteiger charge is -2.47. The van der Waals surface area contributed by atoms with Gasteiger partial charge in [-0.3, -0.25) is 5.01 Å². The van der Waals surface area contributed by atoms with Gasteiger partial charge >= 0.3 is 17.8 Å². The van der Waals surface area contributed by atoms with Crippen LogP contribution in [0.5, 0.6) is 0 Å². The van der Waals surface area contributed by atoms with Crippen LogP contribution in [0.1, 0.15) is 37.7 Å². The van der Waals surface area contributed by atoms with Gasteiger partial charge in [0, 0.05) is 6.42 Å². The van der Waals surface area contributed by atoms with Gasteiger partial charge in [-0.1, -0.05) is 35.9 Å². The summed E-state index contributed by atoms with van der Waals surface area (Å²) in [5, 5.41) is 6.09. The molecule has 1 aliphatic carbocycles. The second kappa shape index (κ2) is 6.02. The molecule has 3 aliphatic rings. The predicted octanol–water partition coefficient (Wildman–Crippen LogP) is 2.50. The maximum Gasteiger partial charge on any atom is 0.396 e. The van der Waals surface area contributed by atoms with Crippen molar-refractivity contribution in [1.29, 1.82) is 0 Å². The first kappa shape index (κ1) is 15.9. The SMILES string of the molecule is COC(=O)C1=NN2CC3=C(CCCC3)CC2(c2ccccc2)C(=O)O1. The zero-order chi connectivity index (χ0) is 17.4. The number of rotatable bonds is 2. The van der Waals surface area contributed by atoms with Crippen molar-refractivity contribution in [2.24, 2.45) is 5.10 Å². The standard InChI is InChI=1S/C19H20N2O4/c1-24-17(22)16-20-21-12-14-8-6-5-7-13(14)11-19(21,18(23)25-16)15-9-3-2-4-10-15/h2-4,9-10H,5-8,11-12H2,1H3. The van der Waals surface area contributed by atoms with Gasteiger partial charge in [0.05, 0.1) is 13.7 Å². The van der Waals surface area contributed by atoms with Gasteiger partial charge in [-0.05, 0) is 36.8 Å². The van der Waals surface area contributed by atoms with Gasteiger partial charge in [-0.15, -0.1) is 5.10 Å². The van der Waals surface area contributed by atoms with Gasteiger partial charge in [-0.2, -0.15) is 0 Å². The van der Waals surface area contributed by atoms with Crippen LogP contribution < -0.4 is 0 Å². The van der Waals surface area contributed by atoms with Crippen molar-refractivity contribution in [3.63, 3.8) is 0 Å². The number of fused-ring (bicyclic) bond motifs is 1. The number of methoxy groups -OCH3 is 1. The number of ether oxygens (including phenoxy) is 2. The van der Waals surface area contributed by atoms with Crippen LogP contribution in [0.15, 0.2) is 46.6 Å². The highest BCUT2D eigenvalue weighted by molar-refractivity contribution is 6.35. The van der Waals surface area contributed by atoms with Gasteiger partial charge in [0.2, 0.25) is 0 Å². The van der Waals surface area contributed by atoms with Crippen LogP contribution in [0.25, 0.3) is 0 Å². The maximum atomic E-state index is 13.1. The first-order valence-electron chi connectivity index (χ1n) is 8.57. The summed E-state index contributed by atoms with van der Waals surface area (Å²) in [6.45, 7) is 0.541. The molecule has 1 unspecified atom stereocenters. The number of hydrogen-bond donors (Lipinski definition) is 0. The van der Waals surface area contributed by atoms with Crippen LogP contribution in [-0.2, 0) is 24.6 Å². The molecule has 6 nitrogen and oxygen atoms in total. The summed E-state index contributed by atoms with van der Waals surface area (Å²) < 4.78 is 10.00. The molecule has 0 saturated carbocycles. The van der Waals surface area contributed by atoms with E-state index in [9.17, 15) is 9.59 Å². The van der Waals surface area contributed by atoms with Crippen LogP contribution in [0, 0.1) is 0 Å². The van der Waals surface area contributed by atoms with E-state index < -0.39 is 17.5 Å². The van der Waals surface area contributed by atoms with Crippen LogP contribution in [0.3, 0.4) is 0 Å². The molecule has 0 N–H and O–H groups in total. The third-order valence-electron chi connectivity index (χ3n) is 5.31. The summed E-state index contributed by atoms with van der Waals surface area (Å²) in [7, 11) is 1.25. The quantitative estimate of drug-likeness (QED) is 0.611. The highest BCUT2D eigenvalue weighted by Crippen LogP contribution is 2.46. The Morgan fingerprint density at radius 3 is 2.64 bits per heavy atom. The van der Waals surface area contributed by atoms with Gasteiger partial charge in [-0.25, -0.2) is 9.59 Å². The number of cyclic esters (lactones) is 1. The molecule has 2 heterocycles. The topological polar surface area (TPSA) is 68.2 Å². The molecule has 130 valence electrons. The lowest BCUT2D eigenvalue weighted by molar-refractivity contribution is -0.158. The Morgan fingerprint density at radius 2 is 1.92 bits per heavy atom. The highest BCUT2D eigenvalue weighted by atomic mass is 16.6. The Kier molecular flexibility index (Phi) is 3.82. The van der Waals surface area contributed by atoms with E-state index in [1.807, 2.05) is 30.3 Å². The Balaban J connectivity index is 1.85. The van der Waals surface area contributed by atoms with Crippen LogP contribution in [0.4, 0.5) is 0 Å². The van der Waals surface area contributed by atoms with Crippen molar-refractivity contribution in [1.82, 2.24) is 5.01 Å². The van der Waals surface area contributed by atoms with Crippen molar-refractivity contribution in [3.8, 4) is 0 Å². The minimum absolute atomic E-state index is 0.293. The summed E-state index contributed by atoms with van der Waals surface area (Å²) >= 11 is 0. The fraction of sp³-hybridized carbons (Fsp3) is 0.421. The molecular formula is C19H20N2O4. The van der Waals surface area contributed by atoms with Gasteiger partial charge in [0.15, 0.2) is 5.54 Å². The largest absolute Gasteiger partial charge is 0.462 e. The Bertz CT molecular complexity index is 784. The summed E-state index contributed by atoms with van der Waals surface area (Å²) in [6, 6.07) is 9.55. The number of nitrogens with zero attached hydrogens (tertiary/aromatic N) is 2. The van der Waals surface area contributed by atoms with E-state index in [4.69, 9.17) is 4.74 Å². The maximum absolute atomic E-state index is 13.1. The molecule has 0 fully saturated rings. The first-order chi connectivity index (χ1) is 12.1. The fourth-order valence-corrected chi connectivity index (χ4v) is 4.00.